The lowest BCUT2D eigenvalue weighted by atomic mass is 10.1. The summed E-state index contributed by atoms with van der Waals surface area (Å²) in [6.07, 6.45) is 1.36. The first-order valence-corrected chi connectivity index (χ1v) is 4.53. The van der Waals surface area contributed by atoms with Crippen LogP contribution in [0.25, 0.3) is 0 Å². The minimum Gasteiger partial charge on any atom is -0.298 e. The molecule has 0 spiro atoms. The Morgan fingerprint density at radius 3 is 2.10 bits per heavy atom. The Hall–Kier alpha value is 0.170. The molecular weight excluding hydrogens is 216 g/mol. The largest absolute Gasteiger partial charge is 0.298 e. The highest BCUT2D eigenvalue weighted by Gasteiger charge is 2.53. The van der Waals surface area contributed by atoms with Crippen LogP contribution in [-0.4, -0.2) is 16.2 Å². The van der Waals surface area contributed by atoms with E-state index in [-0.39, 0.29) is 16.2 Å². The van der Waals surface area contributed by atoms with Crippen molar-refractivity contribution in [2.75, 3.05) is 5.33 Å². The van der Waals surface area contributed by atoms with Crippen molar-refractivity contribution in [1.29, 1.82) is 0 Å². The van der Waals surface area contributed by atoms with Gasteiger partial charge in [-0.05, 0) is 12.8 Å². The quantitative estimate of drug-likeness (QED) is 0.443. The molecule has 10 heavy (non-hydrogen) atoms. The second-order valence-corrected chi connectivity index (χ2v) is 3.41. The number of hydrogen-bond acceptors (Lipinski definition) is 2. The molecule has 0 bridgehead atoms. The third-order valence-electron chi connectivity index (χ3n) is 1.81. The lowest BCUT2D eigenvalue weighted by Gasteiger charge is -2.04. The van der Waals surface area contributed by atoms with Gasteiger partial charge < -0.3 is 0 Å². The predicted molar refractivity (Wildman–Crippen MR) is 44.5 cm³/mol. The molecular formula is C6H7BrO2S. The summed E-state index contributed by atoms with van der Waals surface area (Å²) >= 11 is 6.68. The average molecular weight is 223 g/mol. The Labute approximate surface area is 72.9 Å². The highest BCUT2D eigenvalue weighted by molar-refractivity contribution is 9.09. The van der Waals surface area contributed by atoms with E-state index in [2.05, 4.69) is 28.6 Å². The first-order chi connectivity index (χ1) is 4.63. The van der Waals surface area contributed by atoms with Crippen LogP contribution in [0.4, 0.5) is 0 Å². The van der Waals surface area contributed by atoms with Gasteiger partial charge in [-0.2, -0.15) is 0 Å². The molecule has 0 heterocycles. The molecule has 0 radical (unpaired) electrons. The molecule has 0 N–H and O–H groups in total. The third kappa shape index (κ3) is 1.14. The van der Waals surface area contributed by atoms with Crippen LogP contribution in [-0.2, 0) is 9.59 Å². The second kappa shape index (κ2) is 2.66. The molecule has 0 aromatic rings. The lowest BCUT2D eigenvalue weighted by molar-refractivity contribution is -0.128. The Kier molecular flexibility index (Phi) is 2.20. The summed E-state index contributed by atoms with van der Waals surface area (Å²) < 4.78 is 0. The van der Waals surface area contributed by atoms with Gasteiger partial charge in [0.15, 0.2) is 10.9 Å². The summed E-state index contributed by atoms with van der Waals surface area (Å²) in [7, 11) is 0. The number of Topliss-reactive ketones (excluding diaryl/α,β-unsaturated/α-hetero) is 1. The van der Waals surface area contributed by atoms with Crippen LogP contribution >= 0.6 is 28.6 Å². The Morgan fingerprint density at radius 2 is 2.00 bits per heavy atom. The fourth-order valence-corrected chi connectivity index (χ4v) is 1.75. The molecule has 0 unspecified atom stereocenters. The third-order valence-corrected chi connectivity index (χ3v) is 2.75. The van der Waals surface area contributed by atoms with E-state index in [1.165, 1.54) is 0 Å². The molecule has 1 rings (SSSR count). The SMILES string of the molecule is O=C(S)C1(C(=O)CBr)CC1. The maximum atomic E-state index is 11.0. The average Bonchev–Trinajstić information content (AvgIpc) is 2.65. The standard InChI is InChI=1S/C6H7BrO2S/c7-3-4(8)6(1-2-6)5(9)10/h1-3H2,(H,9,10). The van der Waals surface area contributed by atoms with Crippen molar-refractivity contribution < 1.29 is 9.59 Å². The van der Waals surface area contributed by atoms with Gasteiger partial charge >= 0.3 is 0 Å². The fourth-order valence-electron chi connectivity index (χ4n) is 0.865. The van der Waals surface area contributed by atoms with Gasteiger partial charge in [0.1, 0.15) is 0 Å². The van der Waals surface area contributed by atoms with E-state index < -0.39 is 5.41 Å². The van der Waals surface area contributed by atoms with Crippen LogP contribution in [0.1, 0.15) is 12.8 Å². The van der Waals surface area contributed by atoms with Crippen LogP contribution < -0.4 is 0 Å². The molecule has 4 heteroatoms. The molecule has 0 saturated heterocycles. The number of ketones is 1. The van der Waals surface area contributed by atoms with E-state index in [9.17, 15) is 9.59 Å². The van der Waals surface area contributed by atoms with Gasteiger partial charge in [0.2, 0.25) is 0 Å². The fraction of sp³-hybridized carbons (Fsp3) is 0.667. The second-order valence-electron chi connectivity index (χ2n) is 2.44. The smallest absolute Gasteiger partial charge is 0.199 e. The minimum absolute atomic E-state index is 0.0347. The maximum absolute atomic E-state index is 11.0. The number of halogens is 1. The van der Waals surface area contributed by atoms with Gasteiger partial charge in [-0.1, -0.05) is 15.9 Å². The molecule has 1 aliphatic carbocycles. The van der Waals surface area contributed by atoms with Crippen molar-refractivity contribution in [3.8, 4) is 0 Å². The van der Waals surface area contributed by atoms with E-state index in [0.717, 1.165) is 0 Å². The van der Waals surface area contributed by atoms with Crippen molar-refractivity contribution in [3.63, 3.8) is 0 Å². The molecule has 0 amide bonds. The van der Waals surface area contributed by atoms with Crippen LogP contribution in [0.2, 0.25) is 0 Å². The van der Waals surface area contributed by atoms with Gasteiger partial charge in [0.25, 0.3) is 0 Å². The topological polar surface area (TPSA) is 34.1 Å². The highest BCUT2D eigenvalue weighted by Crippen LogP contribution is 2.48. The molecule has 2 nitrogen and oxygen atoms in total. The van der Waals surface area contributed by atoms with E-state index in [1.807, 2.05) is 0 Å². The number of rotatable bonds is 3. The molecule has 1 fully saturated rings. The summed E-state index contributed by atoms with van der Waals surface area (Å²) in [4.78, 5) is 21.8. The summed E-state index contributed by atoms with van der Waals surface area (Å²) in [6, 6.07) is 0. The zero-order valence-corrected chi connectivity index (χ0v) is 7.74. The van der Waals surface area contributed by atoms with Gasteiger partial charge in [0.05, 0.1) is 10.7 Å². The van der Waals surface area contributed by atoms with Crippen molar-refractivity contribution in [2.24, 2.45) is 5.41 Å². The van der Waals surface area contributed by atoms with Crippen LogP contribution in [0.5, 0.6) is 0 Å². The van der Waals surface area contributed by atoms with Crippen LogP contribution in [0, 0.1) is 5.41 Å². The van der Waals surface area contributed by atoms with Crippen molar-refractivity contribution in [1.82, 2.24) is 0 Å². The summed E-state index contributed by atoms with van der Waals surface area (Å²) in [5, 5.41) is -0.0174. The predicted octanol–water partition coefficient (Wildman–Crippen LogP) is 1.19. The first-order valence-electron chi connectivity index (χ1n) is 2.96. The number of thiol groups is 1. The molecule has 1 aliphatic rings. The number of carbonyl (C=O) groups is 2. The molecule has 0 atom stereocenters. The molecule has 0 aromatic carbocycles. The zero-order valence-electron chi connectivity index (χ0n) is 5.26. The van der Waals surface area contributed by atoms with Crippen molar-refractivity contribution in [2.45, 2.75) is 12.8 Å². The van der Waals surface area contributed by atoms with Gasteiger partial charge in [0, 0.05) is 0 Å². The van der Waals surface area contributed by atoms with Crippen molar-refractivity contribution in [3.05, 3.63) is 0 Å². The summed E-state index contributed by atoms with van der Waals surface area (Å²) in [5.74, 6) is -0.0347. The Bertz CT molecular complexity index is 186. The Balaban J connectivity index is 2.69. The summed E-state index contributed by atoms with van der Waals surface area (Å²) in [5.41, 5.74) is -0.702. The number of carbonyl (C=O) groups excluding carboxylic acids is 2. The summed E-state index contributed by atoms with van der Waals surface area (Å²) in [6.45, 7) is 0. The molecule has 0 aromatic heterocycles. The van der Waals surface area contributed by atoms with Gasteiger partial charge in [-0.3, -0.25) is 9.59 Å². The number of alkyl halides is 1. The number of hydrogen-bond donors (Lipinski definition) is 1. The zero-order chi connectivity index (χ0) is 7.78. The van der Waals surface area contributed by atoms with Crippen molar-refractivity contribution >= 4 is 39.5 Å². The van der Waals surface area contributed by atoms with E-state index in [0.29, 0.717) is 12.8 Å². The highest BCUT2D eigenvalue weighted by atomic mass is 79.9. The van der Waals surface area contributed by atoms with Crippen LogP contribution in [0.15, 0.2) is 0 Å². The Morgan fingerprint density at radius 1 is 1.50 bits per heavy atom. The van der Waals surface area contributed by atoms with E-state index in [1.54, 1.807) is 0 Å². The maximum Gasteiger partial charge on any atom is 0.199 e. The lowest BCUT2D eigenvalue weighted by Crippen LogP contribution is -2.22. The minimum atomic E-state index is -0.702. The van der Waals surface area contributed by atoms with Crippen LogP contribution in [0.3, 0.4) is 0 Å². The molecule has 0 aliphatic heterocycles. The van der Waals surface area contributed by atoms with E-state index >= 15 is 0 Å². The molecule has 1 saturated carbocycles. The normalized spacial score (nSPS) is 20.2. The monoisotopic (exact) mass is 222 g/mol. The van der Waals surface area contributed by atoms with Gasteiger partial charge in [-0.25, -0.2) is 0 Å². The molecule has 56 valence electrons. The van der Waals surface area contributed by atoms with Gasteiger partial charge in [-0.15, -0.1) is 12.6 Å². The first kappa shape index (κ1) is 8.27. The van der Waals surface area contributed by atoms with E-state index in [4.69, 9.17) is 0 Å².